The molecule has 10 nitrogen and oxygen atoms in total. The first-order chi connectivity index (χ1) is 17.6. The number of esters is 1. The third-order valence-corrected chi connectivity index (χ3v) is 5.49. The highest BCUT2D eigenvalue weighted by molar-refractivity contribution is 6.05. The van der Waals surface area contributed by atoms with E-state index in [1.54, 1.807) is 24.3 Å². The molecule has 0 aliphatic carbocycles. The Labute approximate surface area is 216 Å². The first-order valence-electron chi connectivity index (χ1n) is 12.2. The number of carbonyl (C=O) groups excluding carboxylic acids is 3. The number of unbranched alkanes of at least 4 members (excludes halogenated alkanes) is 2. The van der Waals surface area contributed by atoms with Gasteiger partial charge in [-0.25, -0.2) is 14.6 Å². The summed E-state index contributed by atoms with van der Waals surface area (Å²) in [7, 11) is 1.28. The minimum absolute atomic E-state index is 0.116. The van der Waals surface area contributed by atoms with Gasteiger partial charge < -0.3 is 24.5 Å². The summed E-state index contributed by atoms with van der Waals surface area (Å²) in [5, 5.41) is 15.1. The van der Waals surface area contributed by atoms with Crippen LogP contribution in [-0.2, 0) is 22.6 Å². The van der Waals surface area contributed by atoms with E-state index in [1.807, 2.05) is 37.5 Å². The number of nitrogens with zero attached hydrogens (tertiary/aromatic N) is 2. The normalized spacial score (nSPS) is 11.3. The van der Waals surface area contributed by atoms with E-state index >= 15 is 0 Å². The molecule has 2 aromatic carbocycles. The summed E-state index contributed by atoms with van der Waals surface area (Å²) in [6.07, 6.45) is 1.94. The molecule has 1 heterocycles. The van der Waals surface area contributed by atoms with Gasteiger partial charge in [-0.15, -0.1) is 0 Å². The fraction of sp³-hybridized carbons (Fsp3) is 0.407. The van der Waals surface area contributed by atoms with Crippen molar-refractivity contribution in [3.8, 4) is 0 Å². The fourth-order valence-electron chi connectivity index (χ4n) is 3.75. The number of imidazole rings is 1. The van der Waals surface area contributed by atoms with Crippen LogP contribution in [0.4, 0.5) is 10.7 Å². The summed E-state index contributed by atoms with van der Waals surface area (Å²) in [4.78, 5) is 41.2. The van der Waals surface area contributed by atoms with E-state index in [9.17, 15) is 19.5 Å². The first-order valence-corrected chi connectivity index (χ1v) is 12.2. The number of fused-ring (bicyclic) bond motifs is 1. The molecule has 3 aromatic rings. The number of carbonyl (C=O) groups is 3. The van der Waals surface area contributed by atoms with Crippen LogP contribution in [0, 0.1) is 0 Å². The molecule has 3 N–H and O–H groups in total. The number of nitrogens with one attached hydrogen (secondary N) is 2. The molecule has 0 atom stereocenters. The second-order valence-electron chi connectivity index (χ2n) is 9.58. The molecule has 3 rings (SSSR count). The van der Waals surface area contributed by atoms with E-state index in [2.05, 4.69) is 15.6 Å². The zero-order chi connectivity index (χ0) is 27.0. The van der Waals surface area contributed by atoms with Gasteiger partial charge in [-0.2, -0.15) is 0 Å². The number of alkyl carbamates (subject to hydrolysis) is 1. The fourth-order valence-corrected chi connectivity index (χ4v) is 3.75. The minimum atomic E-state index is -0.538. The monoisotopic (exact) mass is 510 g/mol. The van der Waals surface area contributed by atoms with Crippen LogP contribution in [0.2, 0.25) is 0 Å². The summed E-state index contributed by atoms with van der Waals surface area (Å²) in [5.74, 6) is -0.573. The summed E-state index contributed by atoms with van der Waals surface area (Å²) < 4.78 is 11.9. The Morgan fingerprint density at radius 1 is 1.03 bits per heavy atom. The maximum atomic E-state index is 13.0. The number of aliphatic hydroxyl groups is 1. The van der Waals surface area contributed by atoms with E-state index in [4.69, 9.17) is 9.47 Å². The third kappa shape index (κ3) is 7.78. The largest absolute Gasteiger partial charge is 0.465 e. The average Bonchev–Trinajstić information content (AvgIpc) is 3.20. The first kappa shape index (κ1) is 27.7. The van der Waals surface area contributed by atoms with Crippen LogP contribution < -0.4 is 10.6 Å². The van der Waals surface area contributed by atoms with Crippen molar-refractivity contribution in [2.24, 2.45) is 0 Å². The van der Waals surface area contributed by atoms with Crippen LogP contribution in [0.15, 0.2) is 42.5 Å². The summed E-state index contributed by atoms with van der Waals surface area (Å²) in [6.45, 7) is 6.42. The molecule has 198 valence electrons. The van der Waals surface area contributed by atoms with Crippen molar-refractivity contribution in [2.75, 3.05) is 19.0 Å². The number of hydrogen-bond donors (Lipinski definition) is 3. The topological polar surface area (TPSA) is 132 Å². The van der Waals surface area contributed by atoms with E-state index in [-0.39, 0.29) is 12.2 Å². The van der Waals surface area contributed by atoms with Crippen molar-refractivity contribution >= 4 is 35.0 Å². The summed E-state index contributed by atoms with van der Waals surface area (Å²) in [5.41, 5.74) is 2.22. The standard InChI is InChI=1S/C27H34N4O6/c1-27(2,3)37-26(35)28-13-6-5-7-14-31-22-12-11-18(17-32)15-21(22)29-25(31)30-23(33)19-9-8-10-20(16-19)24(34)36-4/h8-12,15-16,32H,5-7,13-14,17H2,1-4H3,(H,28,35)(H,29,30,33). The Hall–Kier alpha value is -3.92. The van der Waals surface area contributed by atoms with Crippen LogP contribution in [0.1, 0.15) is 66.3 Å². The van der Waals surface area contributed by atoms with E-state index in [1.165, 1.54) is 13.2 Å². The average molecular weight is 511 g/mol. The molecular weight excluding hydrogens is 476 g/mol. The number of anilines is 1. The van der Waals surface area contributed by atoms with Gasteiger partial charge in [0, 0.05) is 18.7 Å². The Morgan fingerprint density at radius 3 is 2.49 bits per heavy atom. The molecule has 0 aliphatic heterocycles. The zero-order valence-corrected chi connectivity index (χ0v) is 21.7. The highest BCUT2D eigenvalue weighted by Gasteiger charge is 2.17. The van der Waals surface area contributed by atoms with Crippen molar-refractivity contribution < 1.29 is 29.0 Å². The molecule has 0 radical (unpaired) electrons. The highest BCUT2D eigenvalue weighted by Crippen LogP contribution is 2.23. The zero-order valence-electron chi connectivity index (χ0n) is 21.7. The van der Waals surface area contributed by atoms with E-state index in [0.717, 1.165) is 24.8 Å². The molecular formula is C27H34N4O6. The lowest BCUT2D eigenvalue weighted by atomic mass is 10.1. The number of methoxy groups -OCH3 is 1. The van der Waals surface area contributed by atoms with Crippen molar-refractivity contribution in [2.45, 2.75) is 58.8 Å². The lowest BCUT2D eigenvalue weighted by molar-refractivity contribution is 0.0525. The number of benzene rings is 2. The van der Waals surface area contributed by atoms with Crippen LogP contribution in [0.3, 0.4) is 0 Å². The van der Waals surface area contributed by atoms with Gasteiger partial charge in [0.15, 0.2) is 0 Å². The predicted molar refractivity (Wildman–Crippen MR) is 139 cm³/mol. The summed E-state index contributed by atoms with van der Waals surface area (Å²) in [6, 6.07) is 11.7. The number of hydrogen-bond acceptors (Lipinski definition) is 7. The highest BCUT2D eigenvalue weighted by atomic mass is 16.6. The van der Waals surface area contributed by atoms with Crippen molar-refractivity contribution in [1.82, 2.24) is 14.9 Å². The number of ether oxygens (including phenoxy) is 2. The molecule has 2 amide bonds. The number of aryl methyl sites for hydroxylation is 1. The van der Waals surface area contributed by atoms with Gasteiger partial charge in [-0.05, 0) is 75.9 Å². The second-order valence-corrected chi connectivity index (χ2v) is 9.58. The van der Waals surface area contributed by atoms with Crippen molar-refractivity contribution in [3.05, 3.63) is 59.2 Å². The maximum Gasteiger partial charge on any atom is 0.407 e. The molecule has 1 aromatic heterocycles. The van der Waals surface area contributed by atoms with Gasteiger partial charge in [-0.3, -0.25) is 10.1 Å². The van der Waals surface area contributed by atoms with Gasteiger partial charge >= 0.3 is 12.1 Å². The predicted octanol–water partition coefficient (Wildman–Crippen LogP) is 4.26. The van der Waals surface area contributed by atoms with Crippen LogP contribution in [-0.4, -0.2) is 51.9 Å². The van der Waals surface area contributed by atoms with Gasteiger partial charge in [0.2, 0.25) is 5.95 Å². The Morgan fingerprint density at radius 2 is 1.78 bits per heavy atom. The molecule has 10 heteroatoms. The maximum absolute atomic E-state index is 13.0. The van der Waals surface area contributed by atoms with Crippen LogP contribution in [0.25, 0.3) is 11.0 Å². The number of amides is 2. The van der Waals surface area contributed by atoms with Gasteiger partial charge in [0.25, 0.3) is 5.91 Å². The van der Waals surface area contributed by atoms with Crippen LogP contribution in [0.5, 0.6) is 0 Å². The molecule has 0 saturated carbocycles. The van der Waals surface area contributed by atoms with Gasteiger partial charge in [0.1, 0.15) is 5.60 Å². The molecule has 0 unspecified atom stereocenters. The van der Waals surface area contributed by atoms with Gasteiger partial charge in [0.05, 0.1) is 30.3 Å². The van der Waals surface area contributed by atoms with E-state index in [0.29, 0.717) is 35.7 Å². The summed E-state index contributed by atoms with van der Waals surface area (Å²) >= 11 is 0. The molecule has 0 spiro atoms. The lowest BCUT2D eigenvalue weighted by Crippen LogP contribution is -2.33. The number of aromatic nitrogens is 2. The number of aliphatic hydroxyl groups excluding tert-OH is 1. The SMILES string of the molecule is COC(=O)c1cccc(C(=O)Nc2nc3cc(CO)ccc3n2CCCCCNC(=O)OC(C)(C)C)c1. The quantitative estimate of drug-likeness (QED) is 0.274. The molecule has 0 aliphatic rings. The van der Waals surface area contributed by atoms with Crippen molar-refractivity contribution in [1.29, 1.82) is 0 Å². The minimum Gasteiger partial charge on any atom is -0.465 e. The smallest absolute Gasteiger partial charge is 0.407 e. The third-order valence-electron chi connectivity index (χ3n) is 5.49. The van der Waals surface area contributed by atoms with Gasteiger partial charge in [-0.1, -0.05) is 12.1 Å². The van der Waals surface area contributed by atoms with E-state index < -0.39 is 23.6 Å². The molecule has 0 saturated heterocycles. The lowest BCUT2D eigenvalue weighted by Gasteiger charge is -2.19. The second kappa shape index (κ2) is 12.4. The Bertz CT molecular complexity index is 1260. The molecule has 0 fully saturated rings. The Balaban J connectivity index is 1.69. The molecule has 37 heavy (non-hydrogen) atoms. The Kier molecular flexibility index (Phi) is 9.24. The molecule has 0 bridgehead atoms. The number of rotatable bonds is 10. The van der Waals surface area contributed by atoms with Crippen molar-refractivity contribution in [3.63, 3.8) is 0 Å². The van der Waals surface area contributed by atoms with Crippen LogP contribution >= 0.6 is 0 Å².